The van der Waals surface area contributed by atoms with Gasteiger partial charge in [0.15, 0.2) is 0 Å². The zero-order chi connectivity index (χ0) is 13.6. The maximum Gasteiger partial charge on any atom is 0.272 e. The predicted molar refractivity (Wildman–Crippen MR) is 75.2 cm³/mol. The van der Waals surface area contributed by atoms with Gasteiger partial charge in [0.25, 0.3) is 5.69 Å². The smallest absolute Gasteiger partial charge is 0.272 e. The Morgan fingerprint density at radius 1 is 1.32 bits per heavy atom. The lowest BCUT2D eigenvalue weighted by atomic mass is 10.0. The first kappa shape index (κ1) is 13.0. The van der Waals surface area contributed by atoms with E-state index in [-0.39, 0.29) is 5.69 Å². The SMILES string of the molecule is O=[N+]([O-])c1cc(Cl)c(N2CC[C@H]3CNC[C@H]32)c(Cl)c1. The third kappa shape index (κ3) is 2.16. The van der Waals surface area contributed by atoms with E-state index in [1.165, 1.54) is 12.1 Å². The summed E-state index contributed by atoms with van der Waals surface area (Å²) < 4.78 is 0. The minimum atomic E-state index is -0.481. The van der Waals surface area contributed by atoms with Crippen molar-refractivity contribution in [1.82, 2.24) is 5.32 Å². The zero-order valence-corrected chi connectivity index (χ0v) is 11.6. The quantitative estimate of drug-likeness (QED) is 0.674. The number of benzene rings is 1. The van der Waals surface area contributed by atoms with E-state index in [1.807, 2.05) is 0 Å². The molecule has 0 aromatic heterocycles. The third-order valence-corrected chi connectivity index (χ3v) is 4.52. The van der Waals surface area contributed by atoms with Gasteiger partial charge in [-0.2, -0.15) is 0 Å². The van der Waals surface area contributed by atoms with Crippen molar-refractivity contribution in [3.8, 4) is 0 Å². The van der Waals surface area contributed by atoms with Gasteiger partial charge < -0.3 is 10.2 Å². The number of non-ortho nitro benzene ring substituents is 1. The highest BCUT2D eigenvalue weighted by Gasteiger charge is 2.39. The van der Waals surface area contributed by atoms with Crippen molar-refractivity contribution >= 4 is 34.6 Å². The molecular formula is C12H13Cl2N3O2. The van der Waals surface area contributed by atoms with Gasteiger partial charge >= 0.3 is 0 Å². The zero-order valence-electron chi connectivity index (χ0n) is 10.1. The van der Waals surface area contributed by atoms with E-state index in [1.54, 1.807) is 0 Å². The number of hydrogen-bond acceptors (Lipinski definition) is 4. The molecule has 2 atom stereocenters. The van der Waals surface area contributed by atoms with E-state index < -0.39 is 4.92 Å². The average molecular weight is 302 g/mol. The first-order chi connectivity index (χ1) is 9.08. The van der Waals surface area contributed by atoms with Crippen LogP contribution in [0, 0.1) is 16.0 Å². The summed E-state index contributed by atoms with van der Waals surface area (Å²) >= 11 is 12.4. The second kappa shape index (κ2) is 4.81. The van der Waals surface area contributed by atoms with E-state index >= 15 is 0 Å². The van der Waals surface area contributed by atoms with E-state index in [4.69, 9.17) is 23.2 Å². The Hall–Kier alpha value is -1.04. The summed E-state index contributed by atoms with van der Waals surface area (Å²) in [6.07, 6.45) is 1.10. The Morgan fingerprint density at radius 2 is 2.00 bits per heavy atom. The molecular weight excluding hydrogens is 289 g/mol. The summed E-state index contributed by atoms with van der Waals surface area (Å²) in [5.41, 5.74) is 0.657. The molecule has 5 nitrogen and oxygen atoms in total. The highest BCUT2D eigenvalue weighted by Crippen LogP contribution is 2.42. The first-order valence-electron chi connectivity index (χ1n) is 6.18. The standard InChI is InChI=1S/C12H13Cl2N3O2/c13-9-3-8(17(18)19)4-10(14)12(9)16-2-1-7-5-15-6-11(7)16/h3-4,7,11,15H,1-2,5-6H2/t7-,11+/m0/s1. The summed E-state index contributed by atoms with van der Waals surface area (Å²) in [5, 5.41) is 14.8. The van der Waals surface area contributed by atoms with Crippen LogP contribution in [0.3, 0.4) is 0 Å². The fourth-order valence-corrected chi connectivity index (χ4v) is 3.75. The lowest BCUT2D eigenvalue weighted by molar-refractivity contribution is -0.384. The van der Waals surface area contributed by atoms with Crippen LogP contribution in [0.4, 0.5) is 11.4 Å². The van der Waals surface area contributed by atoms with Gasteiger partial charge in [0.2, 0.25) is 0 Å². The lowest BCUT2D eigenvalue weighted by Gasteiger charge is -2.27. The van der Waals surface area contributed by atoms with Crippen molar-refractivity contribution in [1.29, 1.82) is 0 Å². The van der Waals surface area contributed by atoms with Crippen LogP contribution in [0.5, 0.6) is 0 Å². The number of nitrogens with one attached hydrogen (secondary N) is 1. The number of halogens is 2. The first-order valence-corrected chi connectivity index (χ1v) is 6.94. The fourth-order valence-electron chi connectivity index (χ4n) is 3.06. The lowest BCUT2D eigenvalue weighted by Crippen LogP contribution is -2.34. The fraction of sp³-hybridized carbons (Fsp3) is 0.500. The number of nitrogens with zero attached hydrogens (tertiary/aromatic N) is 2. The van der Waals surface area contributed by atoms with Crippen LogP contribution in [0.15, 0.2) is 12.1 Å². The minimum Gasteiger partial charge on any atom is -0.365 e. The molecule has 0 radical (unpaired) electrons. The molecule has 1 aromatic rings. The Morgan fingerprint density at radius 3 is 2.63 bits per heavy atom. The number of hydrogen-bond donors (Lipinski definition) is 1. The molecule has 0 spiro atoms. The summed E-state index contributed by atoms with van der Waals surface area (Å²) in [7, 11) is 0. The van der Waals surface area contributed by atoms with E-state index in [2.05, 4.69) is 10.2 Å². The van der Waals surface area contributed by atoms with Gasteiger partial charge in [-0.05, 0) is 12.3 Å². The molecule has 2 aliphatic rings. The Balaban J connectivity index is 1.99. The van der Waals surface area contributed by atoms with E-state index in [0.29, 0.717) is 22.0 Å². The second-order valence-electron chi connectivity index (χ2n) is 4.98. The molecule has 2 saturated heterocycles. The normalized spacial score (nSPS) is 25.7. The monoisotopic (exact) mass is 301 g/mol. The number of nitro groups is 1. The van der Waals surface area contributed by atoms with E-state index in [9.17, 15) is 10.1 Å². The largest absolute Gasteiger partial charge is 0.365 e. The molecule has 1 aromatic carbocycles. The molecule has 7 heteroatoms. The Labute approximate surface area is 120 Å². The summed E-state index contributed by atoms with van der Waals surface area (Å²) in [6, 6.07) is 3.13. The number of rotatable bonds is 2. The predicted octanol–water partition coefficient (Wildman–Crippen LogP) is 2.70. The molecule has 2 heterocycles. The van der Waals surface area contributed by atoms with Crippen LogP contribution in [0.1, 0.15) is 6.42 Å². The van der Waals surface area contributed by atoms with Gasteiger partial charge in [-0.3, -0.25) is 10.1 Å². The van der Waals surface area contributed by atoms with Crippen molar-refractivity contribution < 1.29 is 4.92 Å². The topological polar surface area (TPSA) is 58.4 Å². The minimum absolute atomic E-state index is 0.0703. The van der Waals surface area contributed by atoms with Crippen LogP contribution < -0.4 is 10.2 Å². The van der Waals surface area contributed by atoms with Crippen molar-refractivity contribution in [2.75, 3.05) is 24.5 Å². The average Bonchev–Trinajstić information content (AvgIpc) is 2.92. The molecule has 0 bridgehead atoms. The van der Waals surface area contributed by atoms with Crippen LogP contribution in [0.2, 0.25) is 10.0 Å². The number of anilines is 1. The molecule has 1 N–H and O–H groups in total. The molecule has 2 aliphatic heterocycles. The summed E-state index contributed by atoms with van der Waals surface area (Å²) in [5.74, 6) is 0.613. The molecule has 2 fully saturated rings. The van der Waals surface area contributed by atoms with Crippen molar-refractivity contribution in [3.05, 3.63) is 32.3 Å². The van der Waals surface area contributed by atoms with Gasteiger partial charge in [-0.1, -0.05) is 23.2 Å². The number of nitro benzene ring substituents is 1. The molecule has 0 aliphatic carbocycles. The highest BCUT2D eigenvalue weighted by atomic mass is 35.5. The van der Waals surface area contributed by atoms with Crippen LogP contribution in [-0.4, -0.2) is 30.6 Å². The third-order valence-electron chi connectivity index (χ3n) is 3.94. The maximum atomic E-state index is 10.8. The van der Waals surface area contributed by atoms with Gasteiger partial charge in [-0.15, -0.1) is 0 Å². The van der Waals surface area contributed by atoms with Crippen LogP contribution in [-0.2, 0) is 0 Å². The molecule has 0 saturated carbocycles. The van der Waals surface area contributed by atoms with Gasteiger partial charge in [0, 0.05) is 37.8 Å². The van der Waals surface area contributed by atoms with Gasteiger partial charge in [0.1, 0.15) is 0 Å². The molecule has 102 valence electrons. The molecule has 0 unspecified atom stereocenters. The highest BCUT2D eigenvalue weighted by molar-refractivity contribution is 6.39. The van der Waals surface area contributed by atoms with Gasteiger partial charge in [0.05, 0.1) is 20.7 Å². The van der Waals surface area contributed by atoms with Crippen molar-refractivity contribution in [2.45, 2.75) is 12.5 Å². The Bertz CT molecular complexity index is 515. The summed E-state index contributed by atoms with van der Waals surface area (Å²) in [6.45, 7) is 2.83. The van der Waals surface area contributed by atoms with Crippen molar-refractivity contribution in [2.24, 2.45) is 5.92 Å². The van der Waals surface area contributed by atoms with Crippen LogP contribution in [0.25, 0.3) is 0 Å². The second-order valence-corrected chi connectivity index (χ2v) is 5.80. The van der Waals surface area contributed by atoms with E-state index in [0.717, 1.165) is 31.7 Å². The van der Waals surface area contributed by atoms with Crippen molar-refractivity contribution in [3.63, 3.8) is 0 Å². The molecule has 0 amide bonds. The summed E-state index contributed by atoms with van der Waals surface area (Å²) in [4.78, 5) is 12.5. The van der Waals surface area contributed by atoms with Gasteiger partial charge in [-0.25, -0.2) is 0 Å². The Kier molecular flexibility index (Phi) is 3.28. The number of fused-ring (bicyclic) bond motifs is 1. The molecule has 3 rings (SSSR count). The maximum absolute atomic E-state index is 10.8. The van der Waals surface area contributed by atoms with Crippen LogP contribution >= 0.6 is 23.2 Å². The molecule has 19 heavy (non-hydrogen) atoms.